The van der Waals surface area contributed by atoms with E-state index in [9.17, 15) is 4.79 Å². The first-order chi connectivity index (χ1) is 14.1. The molecule has 0 unspecified atom stereocenters. The minimum Gasteiger partial charge on any atom is -0.379 e. The molecule has 1 N–H and O–H groups in total. The van der Waals surface area contributed by atoms with Crippen molar-refractivity contribution in [3.8, 4) is 11.3 Å². The van der Waals surface area contributed by atoms with Crippen LogP contribution in [0.1, 0.15) is 6.92 Å². The van der Waals surface area contributed by atoms with Crippen LogP contribution in [0.25, 0.3) is 33.1 Å². The lowest BCUT2D eigenvalue weighted by atomic mass is 10.1. The third-order valence-electron chi connectivity index (χ3n) is 5.77. The van der Waals surface area contributed by atoms with E-state index in [1.165, 1.54) is 0 Å². The van der Waals surface area contributed by atoms with Gasteiger partial charge in [-0.2, -0.15) is 0 Å². The fraction of sp³-hybridized carbons (Fsp3) is 0.261. The highest BCUT2D eigenvalue weighted by atomic mass is 16.5. The number of ether oxygens (including phenoxy) is 1. The number of benzene rings is 1. The second kappa shape index (κ2) is 6.97. The lowest BCUT2D eigenvalue weighted by Crippen LogP contribution is -2.24. The van der Waals surface area contributed by atoms with Crippen LogP contribution in [-0.2, 0) is 4.74 Å². The van der Waals surface area contributed by atoms with Crippen LogP contribution in [0.3, 0.4) is 0 Å². The maximum absolute atomic E-state index is 12.7. The van der Waals surface area contributed by atoms with Gasteiger partial charge in [-0.25, -0.2) is 4.98 Å². The Morgan fingerprint density at radius 2 is 2.03 bits per heavy atom. The van der Waals surface area contributed by atoms with Crippen LogP contribution in [0.2, 0.25) is 0 Å². The molecular weight excluding hydrogens is 364 g/mol. The molecule has 1 fully saturated rings. The number of pyridine rings is 3. The summed E-state index contributed by atoms with van der Waals surface area (Å²) in [5.74, 6) is 1.28. The van der Waals surface area contributed by atoms with Crippen LogP contribution in [-0.4, -0.2) is 41.3 Å². The number of rotatable bonds is 3. The standard InChI is InChI=1S/C23H22N4O2/c1-14-12-27(13-22(14)29-2)23-16(9-15-5-3-4-6-18(15)26-23)20-10-21(28)17-11-24-8-7-19(17)25-20/h3-11,14,22H,12-13H2,1-2H3,(H,25,28)/t14-,22-/m1/s1. The molecule has 2 atom stereocenters. The molecule has 3 aromatic heterocycles. The number of aromatic amines is 1. The van der Waals surface area contributed by atoms with Crippen molar-refractivity contribution in [1.29, 1.82) is 0 Å². The minimum atomic E-state index is -0.0504. The number of fused-ring (bicyclic) bond motifs is 2. The van der Waals surface area contributed by atoms with Crippen LogP contribution in [0.5, 0.6) is 0 Å². The number of hydrogen-bond donors (Lipinski definition) is 1. The maximum Gasteiger partial charge on any atom is 0.191 e. The quantitative estimate of drug-likeness (QED) is 0.582. The number of para-hydroxylation sites is 1. The summed E-state index contributed by atoms with van der Waals surface area (Å²) in [6.45, 7) is 3.83. The summed E-state index contributed by atoms with van der Waals surface area (Å²) in [5.41, 5.74) is 3.34. The van der Waals surface area contributed by atoms with E-state index >= 15 is 0 Å². The monoisotopic (exact) mass is 386 g/mol. The summed E-state index contributed by atoms with van der Waals surface area (Å²) in [4.78, 5) is 27.4. The van der Waals surface area contributed by atoms with E-state index in [1.54, 1.807) is 25.6 Å². The molecule has 29 heavy (non-hydrogen) atoms. The molecule has 0 radical (unpaired) electrons. The Balaban J connectivity index is 1.73. The molecule has 6 nitrogen and oxygen atoms in total. The van der Waals surface area contributed by atoms with Gasteiger partial charge in [-0.1, -0.05) is 25.1 Å². The molecule has 4 aromatic rings. The first-order valence-electron chi connectivity index (χ1n) is 9.79. The Bertz CT molecular complexity index is 1270. The van der Waals surface area contributed by atoms with Gasteiger partial charge in [-0.15, -0.1) is 0 Å². The predicted molar refractivity (Wildman–Crippen MR) is 115 cm³/mol. The Hall–Kier alpha value is -3.25. The average molecular weight is 386 g/mol. The molecule has 0 amide bonds. The van der Waals surface area contributed by atoms with Gasteiger partial charge in [0.1, 0.15) is 5.82 Å². The van der Waals surface area contributed by atoms with Crippen molar-refractivity contribution in [2.24, 2.45) is 5.92 Å². The van der Waals surface area contributed by atoms with Gasteiger partial charge in [0, 0.05) is 55.5 Å². The van der Waals surface area contributed by atoms with E-state index in [0.29, 0.717) is 11.3 Å². The van der Waals surface area contributed by atoms with Gasteiger partial charge in [-0.05, 0) is 18.2 Å². The Kier molecular flexibility index (Phi) is 4.28. The van der Waals surface area contributed by atoms with Crippen molar-refractivity contribution in [2.75, 3.05) is 25.1 Å². The molecule has 1 aliphatic heterocycles. The summed E-state index contributed by atoms with van der Waals surface area (Å²) in [6.07, 6.45) is 3.45. The molecule has 6 heteroatoms. The van der Waals surface area contributed by atoms with E-state index < -0.39 is 0 Å². The van der Waals surface area contributed by atoms with Gasteiger partial charge in [0.25, 0.3) is 0 Å². The van der Waals surface area contributed by atoms with E-state index in [4.69, 9.17) is 9.72 Å². The Labute approximate surface area is 168 Å². The minimum absolute atomic E-state index is 0.0504. The molecule has 146 valence electrons. The molecule has 1 aliphatic rings. The van der Waals surface area contributed by atoms with Crippen LogP contribution < -0.4 is 10.3 Å². The maximum atomic E-state index is 12.7. The summed E-state index contributed by atoms with van der Waals surface area (Å²) >= 11 is 0. The van der Waals surface area contributed by atoms with Gasteiger partial charge >= 0.3 is 0 Å². The molecule has 0 saturated carbocycles. The summed E-state index contributed by atoms with van der Waals surface area (Å²) in [6, 6.07) is 13.6. The first-order valence-corrected chi connectivity index (χ1v) is 9.79. The normalized spacial score (nSPS) is 19.3. The number of nitrogens with one attached hydrogen (secondary N) is 1. The van der Waals surface area contributed by atoms with Crippen molar-refractivity contribution in [3.63, 3.8) is 0 Å². The zero-order chi connectivity index (χ0) is 20.0. The molecule has 1 aromatic carbocycles. The summed E-state index contributed by atoms with van der Waals surface area (Å²) < 4.78 is 5.65. The van der Waals surface area contributed by atoms with Crippen LogP contribution >= 0.6 is 0 Å². The molecule has 0 bridgehead atoms. The predicted octanol–water partition coefficient (Wildman–Crippen LogP) is 3.61. The van der Waals surface area contributed by atoms with E-state index in [0.717, 1.165) is 46.6 Å². The van der Waals surface area contributed by atoms with Gasteiger partial charge in [0.15, 0.2) is 5.43 Å². The van der Waals surface area contributed by atoms with Crippen LogP contribution in [0.15, 0.2) is 59.7 Å². The number of anilines is 1. The van der Waals surface area contributed by atoms with Crippen molar-refractivity contribution in [3.05, 3.63) is 65.1 Å². The molecule has 5 rings (SSSR count). The third-order valence-corrected chi connectivity index (χ3v) is 5.77. The smallest absolute Gasteiger partial charge is 0.191 e. The number of hydrogen-bond acceptors (Lipinski definition) is 5. The SMILES string of the molecule is CO[C@@H]1CN(c2nc3ccccc3cc2-c2cc(=O)c3cnccc3[nH]2)C[C@H]1C. The van der Waals surface area contributed by atoms with Crippen LogP contribution in [0, 0.1) is 5.92 Å². The van der Waals surface area contributed by atoms with E-state index in [2.05, 4.69) is 27.9 Å². The van der Waals surface area contributed by atoms with Crippen molar-refractivity contribution < 1.29 is 4.74 Å². The highest BCUT2D eigenvalue weighted by Crippen LogP contribution is 2.34. The fourth-order valence-corrected chi connectivity index (χ4v) is 4.20. The van der Waals surface area contributed by atoms with Crippen molar-refractivity contribution in [2.45, 2.75) is 13.0 Å². The molecular formula is C23H22N4O2. The number of nitrogens with zero attached hydrogens (tertiary/aromatic N) is 3. The number of methoxy groups -OCH3 is 1. The lowest BCUT2D eigenvalue weighted by Gasteiger charge is -2.21. The summed E-state index contributed by atoms with van der Waals surface area (Å²) in [7, 11) is 1.76. The largest absolute Gasteiger partial charge is 0.379 e. The second-order valence-electron chi connectivity index (χ2n) is 7.68. The van der Waals surface area contributed by atoms with Gasteiger partial charge < -0.3 is 14.6 Å². The van der Waals surface area contributed by atoms with Gasteiger partial charge in [0.2, 0.25) is 0 Å². The van der Waals surface area contributed by atoms with Crippen molar-refractivity contribution in [1.82, 2.24) is 15.0 Å². The van der Waals surface area contributed by atoms with Crippen molar-refractivity contribution >= 4 is 27.6 Å². The van der Waals surface area contributed by atoms with Crippen LogP contribution in [0.4, 0.5) is 5.82 Å². The van der Waals surface area contributed by atoms with E-state index in [-0.39, 0.29) is 11.5 Å². The number of aromatic nitrogens is 3. The Morgan fingerprint density at radius 1 is 1.17 bits per heavy atom. The molecule has 0 aliphatic carbocycles. The second-order valence-corrected chi connectivity index (χ2v) is 7.68. The third kappa shape index (κ3) is 3.06. The average Bonchev–Trinajstić information content (AvgIpc) is 3.13. The molecule has 0 spiro atoms. The first kappa shape index (κ1) is 17.8. The van der Waals surface area contributed by atoms with Gasteiger partial charge in [-0.3, -0.25) is 9.78 Å². The van der Waals surface area contributed by atoms with Gasteiger partial charge in [0.05, 0.1) is 28.2 Å². The number of H-pyrrole nitrogens is 1. The molecule has 4 heterocycles. The summed E-state index contributed by atoms with van der Waals surface area (Å²) in [5, 5.41) is 1.62. The molecule has 1 saturated heterocycles. The fourth-order valence-electron chi connectivity index (χ4n) is 4.20. The highest BCUT2D eigenvalue weighted by molar-refractivity contribution is 5.90. The topological polar surface area (TPSA) is 71.1 Å². The Morgan fingerprint density at radius 3 is 2.86 bits per heavy atom. The lowest BCUT2D eigenvalue weighted by molar-refractivity contribution is 0.0899. The zero-order valence-corrected chi connectivity index (χ0v) is 16.4. The zero-order valence-electron chi connectivity index (χ0n) is 16.4. The van der Waals surface area contributed by atoms with E-state index in [1.807, 2.05) is 30.3 Å². The highest BCUT2D eigenvalue weighted by Gasteiger charge is 2.32.